The van der Waals surface area contributed by atoms with Gasteiger partial charge >= 0.3 is 0 Å². The molecule has 2 nitrogen and oxygen atoms in total. The van der Waals surface area contributed by atoms with Crippen LogP contribution >= 0.6 is 0 Å². The molecule has 1 aliphatic carbocycles. The quantitative estimate of drug-likeness (QED) is 0.751. The lowest BCUT2D eigenvalue weighted by Crippen LogP contribution is -2.43. The molecule has 15 heavy (non-hydrogen) atoms. The van der Waals surface area contributed by atoms with Crippen LogP contribution < -0.4 is 11.1 Å². The number of nitrogens with two attached hydrogens (primary N) is 1. The van der Waals surface area contributed by atoms with E-state index in [0.29, 0.717) is 11.5 Å². The highest BCUT2D eigenvalue weighted by Crippen LogP contribution is 2.26. The molecule has 0 aromatic carbocycles. The summed E-state index contributed by atoms with van der Waals surface area (Å²) in [6.45, 7) is 9.98. The predicted octanol–water partition coefficient (Wildman–Crippen LogP) is 2.53. The van der Waals surface area contributed by atoms with Crippen LogP contribution in [0.5, 0.6) is 0 Å². The van der Waals surface area contributed by atoms with E-state index in [9.17, 15) is 0 Å². The van der Waals surface area contributed by atoms with E-state index in [-0.39, 0.29) is 0 Å². The van der Waals surface area contributed by atoms with Gasteiger partial charge in [-0.15, -0.1) is 0 Å². The first-order valence-corrected chi connectivity index (χ1v) is 6.37. The molecule has 1 saturated carbocycles. The fourth-order valence-corrected chi connectivity index (χ4v) is 2.64. The summed E-state index contributed by atoms with van der Waals surface area (Å²) in [5.41, 5.74) is 6.21. The fourth-order valence-electron chi connectivity index (χ4n) is 2.64. The van der Waals surface area contributed by atoms with Gasteiger partial charge in [0.25, 0.3) is 0 Å². The van der Waals surface area contributed by atoms with E-state index in [0.717, 1.165) is 18.5 Å². The van der Waals surface area contributed by atoms with Crippen LogP contribution in [0.4, 0.5) is 0 Å². The highest BCUT2D eigenvalue weighted by atomic mass is 15.0. The van der Waals surface area contributed by atoms with E-state index in [2.05, 4.69) is 33.0 Å². The maximum absolute atomic E-state index is 5.83. The summed E-state index contributed by atoms with van der Waals surface area (Å²) >= 11 is 0. The molecule has 3 N–H and O–H groups in total. The molecule has 3 unspecified atom stereocenters. The lowest BCUT2D eigenvalue weighted by molar-refractivity contribution is 0.292. The van der Waals surface area contributed by atoms with Crippen LogP contribution in [0.15, 0.2) is 0 Å². The van der Waals surface area contributed by atoms with Gasteiger partial charge in [0.2, 0.25) is 0 Å². The zero-order chi connectivity index (χ0) is 11.5. The number of hydrogen-bond donors (Lipinski definition) is 2. The highest BCUT2D eigenvalue weighted by molar-refractivity contribution is 4.84. The smallest absolute Gasteiger partial charge is 0.0197 e. The second-order valence-corrected chi connectivity index (χ2v) is 6.48. The second kappa shape index (κ2) is 5.31. The van der Waals surface area contributed by atoms with Gasteiger partial charge in [0.1, 0.15) is 0 Å². The second-order valence-electron chi connectivity index (χ2n) is 6.48. The van der Waals surface area contributed by atoms with Gasteiger partial charge in [-0.2, -0.15) is 0 Å². The normalized spacial score (nSPS) is 29.4. The largest absolute Gasteiger partial charge is 0.329 e. The number of rotatable bonds is 4. The van der Waals surface area contributed by atoms with Crippen molar-refractivity contribution in [2.45, 2.75) is 65.5 Å². The predicted molar refractivity (Wildman–Crippen MR) is 66.9 cm³/mol. The van der Waals surface area contributed by atoms with Crippen LogP contribution in [0, 0.1) is 11.3 Å². The third-order valence-electron chi connectivity index (χ3n) is 3.31. The van der Waals surface area contributed by atoms with Crippen molar-refractivity contribution in [2.75, 3.05) is 6.54 Å². The Kier molecular flexibility index (Phi) is 4.60. The maximum atomic E-state index is 5.83. The van der Waals surface area contributed by atoms with Crippen LogP contribution in [0.2, 0.25) is 0 Å². The van der Waals surface area contributed by atoms with E-state index < -0.39 is 0 Å². The fraction of sp³-hybridized carbons (Fsp3) is 1.00. The number of nitrogens with one attached hydrogen (secondary N) is 1. The molecular weight excluding hydrogens is 184 g/mol. The van der Waals surface area contributed by atoms with Crippen molar-refractivity contribution in [1.29, 1.82) is 0 Å². The Morgan fingerprint density at radius 1 is 1.33 bits per heavy atom. The standard InChI is InChI=1S/C13H28N2/c1-10-5-6-11(7-10)15-12(9-14)8-13(2,3)4/h10-12,15H,5-9,14H2,1-4H3. The SMILES string of the molecule is CC1CCC(NC(CN)CC(C)(C)C)C1. The first-order valence-electron chi connectivity index (χ1n) is 6.37. The zero-order valence-corrected chi connectivity index (χ0v) is 10.8. The van der Waals surface area contributed by atoms with E-state index in [1.54, 1.807) is 0 Å². The summed E-state index contributed by atoms with van der Waals surface area (Å²) in [7, 11) is 0. The minimum absolute atomic E-state index is 0.376. The Morgan fingerprint density at radius 2 is 2.00 bits per heavy atom. The van der Waals surface area contributed by atoms with Crippen LogP contribution in [0.25, 0.3) is 0 Å². The van der Waals surface area contributed by atoms with Crippen molar-refractivity contribution >= 4 is 0 Å². The Labute approximate surface area is 95.0 Å². The molecule has 0 bridgehead atoms. The lowest BCUT2D eigenvalue weighted by atomic mass is 9.88. The van der Waals surface area contributed by atoms with Crippen molar-refractivity contribution in [1.82, 2.24) is 5.32 Å². The third-order valence-corrected chi connectivity index (χ3v) is 3.31. The van der Waals surface area contributed by atoms with Crippen molar-refractivity contribution in [3.63, 3.8) is 0 Å². The summed E-state index contributed by atoms with van der Waals surface area (Å²) < 4.78 is 0. The van der Waals surface area contributed by atoms with Gasteiger partial charge in [-0.3, -0.25) is 0 Å². The molecule has 0 spiro atoms. The van der Waals surface area contributed by atoms with E-state index in [1.807, 2.05) is 0 Å². The first-order chi connectivity index (χ1) is 6.90. The molecule has 1 fully saturated rings. The van der Waals surface area contributed by atoms with Gasteiger partial charge in [0.05, 0.1) is 0 Å². The van der Waals surface area contributed by atoms with E-state index >= 15 is 0 Å². The lowest BCUT2D eigenvalue weighted by Gasteiger charge is -2.28. The Balaban J connectivity index is 2.33. The van der Waals surface area contributed by atoms with Gasteiger partial charge in [0, 0.05) is 18.6 Å². The van der Waals surface area contributed by atoms with Crippen molar-refractivity contribution in [3.8, 4) is 0 Å². The van der Waals surface area contributed by atoms with Gasteiger partial charge in [-0.1, -0.05) is 27.7 Å². The average molecular weight is 212 g/mol. The van der Waals surface area contributed by atoms with Crippen LogP contribution in [0.1, 0.15) is 53.4 Å². The Morgan fingerprint density at radius 3 is 2.40 bits per heavy atom. The molecule has 3 atom stereocenters. The van der Waals surface area contributed by atoms with Crippen molar-refractivity contribution in [2.24, 2.45) is 17.1 Å². The Hall–Kier alpha value is -0.0800. The molecule has 0 amide bonds. The number of hydrogen-bond acceptors (Lipinski definition) is 2. The minimum atomic E-state index is 0.376. The molecule has 0 aliphatic heterocycles. The van der Waals surface area contributed by atoms with Crippen molar-refractivity contribution in [3.05, 3.63) is 0 Å². The maximum Gasteiger partial charge on any atom is 0.0197 e. The summed E-state index contributed by atoms with van der Waals surface area (Å²) in [4.78, 5) is 0. The molecule has 0 radical (unpaired) electrons. The first kappa shape index (κ1) is 13.0. The topological polar surface area (TPSA) is 38.0 Å². The summed E-state index contributed by atoms with van der Waals surface area (Å²) in [5.74, 6) is 0.899. The van der Waals surface area contributed by atoms with Gasteiger partial charge in [-0.25, -0.2) is 0 Å². The van der Waals surface area contributed by atoms with Crippen LogP contribution in [0.3, 0.4) is 0 Å². The van der Waals surface area contributed by atoms with Gasteiger partial charge < -0.3 is 11.1 Å². The Bertz CT molecular complexity index is 183. The molecule has 1 aliphatic rings. The molecule has 90 valence electrons. The summed E-state index contributed by atoms with van der Waals surface area (Å²) in [6, 6.07) is 1.22. The van der Waals surface area contributed by atoms with E-state index in [1.165, 1.54) is 25.7 Å². The highest BCUT2D eigenvalue weighted by Gasteiger charge is 2.25. The average Bonchev–Trinajstić information content (AvgIpc) is 2.47. The van der Waals surface area contributed by atoms with Crippen molar-refractivity contribution < 1.29 is 0 Å². The molecule has 0 aromatic rings. The third kappa shape index (κ3) is 4.98. The van der Waals surface area contributed by atoms with Gasteiger partial charge in [-0.05, 0) is 37.0 Å². The van der Waals surface area contributed by atoms with Gasteiger partial charge in [0.15, 0.2) is 0 Å². The molecule has 1 rings (SSSR count). The zero-order valence-electron chi connectivity index (χ0n) is 10.8. The van der Waals surface area contributed by atoms with Crippen LogP contribution in [-0.4, -0.2) is 18.6 Å². The molecule has 0 saturated heterocycles. The van der Waals surface area contributed by atoms with E-state index in [4.69, 9.17) is 5.73 Å². The molecule has 2 heteroatoms. The molecule has 0 heterocycles. The van der Waals surface area contributed by atoms with Crippen LogP contribution in [-0.2, 0) is 0 Å². The molecular formula is C13H28N2. The monoisotopic (exact) mass is 212 g/mol. The minimum Gasteiger partial charge on any atom is -0.329 e. The summed E-state index contributed by atoms with van der Waals surface area (Å²) in [5, 5.41) is 3.73. The summed E-state index contributed by atoms with van der Waals surface area (Å²) in [6.07, 6.45) is 5.22. The molecule has 0 aromatic heterocycles.